The normalized spacial score (nSPS) is 16.8. The molecule has 0 bridgehead atoms. The van der Waals surface area contributed by atoms with Crippen molar-refractivity contribution in [3.8, 4) is 0 Å². The molecule has 86 valence electrons. The summed E-state index contributed by atoms with van der Waals surface area (Å²) in [6.07, 6.45) is 2.82. The molecule has 1 aliphatic carbocycles. The van der Waals surface area contributed by atoms with E-state index < -0.39 is 0 Å². The van der Waals surface area contributed by atoms with Gasteiger partial charge in [0.15, 0.2) is 0 Å². The lowest BCUT2D eigenvalue weighted by atomic mass is 10.2. The Bertz CT molecular complexity index is 500. The van der Waals surface area contributed by atoms with Crippen molar-refractivity contribution in [3.05, 3.63) is 60.2 Å². The van der Waals surface area contributed by atoms with Crippen molar-refractivity contribution in [3.63, 3.8) is 0 Å². The summed E-state index contributed by atoms with van der Waals surface area (Å²) in [5.41, 5.74) is 2.38. The molecular formula is C16H17P. The predicted molar refractivity (Wildman–Crippen MR) is 76.8 cm³/mol. The molecule has 0 amide bonds. The van der Waals surface area contributed by atoms with Crippen LogP contribution < -0.4 is 10.6 Å². The molecular weight excluding hydrogens is 223 g/mol. The fraction of sp³-hybridized carbons (Fsp3) is 0.250. The van der Waals surface area contributed by atoms with E-state index in [-0.39, 0.29) is 7.92 Å². The molecule has 1 saturated carbocycles. The van der Waals surface area contributed by atoms with Crippen LogP contribution in [0.3, 0.4) is 0 Å². The Morgan fingerprint density at radius 1 is 0.882 bits per heavy atom. The fourth-order valence-corrected chi connectivity index (χ4v) is 5.25. The lowest BCUT2D eigenvalue weighted by Crippen LogP contribution is -2.16. The van der Waals surface area contributed by atoms with Gasteiger partial charge in [0.1, 0.15) is 0 Å². The Balaban J connectivity index is 2.04. The third kappa shape index (κ3) is 2.28. The zero-order valence-electron chi connectivity index (χ0n) is 10.1. The Labute approximate surface area is 104 Å². The Morgan fingerprint density at radius 2 is 1.53 bits per heavy atom. The van der Waals surface area contributed by atoms with Gasteiger partial charge in [-0.15, -0.1) is 0 Å². The van der Waals surface area contributed by atoms with Crippen LogP contribution in [0.25, 0.3) is 0 Å². The van der Waals surface area contributed by atoms with Crippen molar-refractivity contribution in [2.24, 2.45) is 0 Å². The second-order valence-electron chi connectivity index (χ2n) is 4.72. The van der Waals surface area contributed by atoms with Crippen LogP contribution in [0.2, 0.25) is 0 Å². The highest BCUT2D eigenvalue weighted by atomic mass is 31.1. The van der Waals surface area contributed by atoms with Crippen molar-refractivity contribution >= 4 is 18.5 Å². The summed E-state index contributed by atoms with van der Waals surface area (Å²) in [5, 5.41) is 3.12. The second-order valence-corrected chi connectivity index (χ2v) is 7.19. The minimum atomic E-state index is -0.120. The van der Waals surface area contributed by atoms with Gasteiger partial charge in [-0.1, -0.05) is 54.6 Å². The zero-order valence-corrected chi connectivity index (χ0v) is 11.0. The van der Waals surface area contributed by atoms with E-state index >= 15 is 0 Å². The van der Waals surface area contributed by atoms with Crippen LogP contribution in [0.1, 0.15) is 18.4 Å². The SMILES string of the molecule is Cc1ccccc1P(c1ccccc1)C1CC1. The molecule has 0 aromatic heterocycles. The van der Waals surface area contributed by atoms with E-state index in [0.29, 0.717) is 0 Å². The minimum Gasteiger partial charge on any atom is -0.0622 e. The van der Waals surface area contributed by atoms with Crippen LogP contribution in [-0.2, 0) is 0 Å². The van der Waals surface area contributed by atoms with Crippen LogP contribution >= 0.6 is 7.92 Å². The van der Waals surface area contributed by atoms with Crippen molar-refractivity contribution in [2.45, 2.75) is 25.4 Å². The van der Waals surface area contributed by atoms with Crippen LogP contribution in [0.5, 0.6) is 0 Å². The maximum atomic E-state index is 2.33. The van der Waals surface area contributed by atoms with Gasteiger partial charge < -0.3 is 0 Å². The quantitative estimate of drug-likeness (QED) is 0.719. The van der Waals surface area contributed by atoms with Crippen LogP contribution in [0.15, 0.2) is 54.6 Å². The minimum absolute atomic E-state index is 0.120. The lowest BCUT2D eigenvalue weighted by Gasteiger charge is -2.20. The van der Waals surface area contributed by atoms with Gasteiger partial charge >= 0.3 is 0 Å². The molecule has 3 rings (SSSR count). The molecule has 0 nitrogen and oxygen atoms in total. The largest absolute Gasteiger partial charge is 0.0622 e. The maximum Gasteiger partial charge on any atom is -0.0128 e. The molecule has 2 aromatic rings. The Kier molecular flexibility index (Phi) is 2.99. The molecule has 1 atom stereocenters. The highest BCUT2D eigenvalue weighted by Gasteiger charge is 2.33. The first-order chi connectivity index (χ1) is 8.36. The van der Waals surface area contributed by atoms with Crippen molar-refractivity contribution < 1.29 is 0 Å². The third-order valence-corrected chi connectivity index (χ3v) is 6.44. The number of aryl methyl sites for hydroxylation is 1. The topological polar surface area (TPSA) is 0 Å². The average Bonchev–Trinajstić information content (AvgIpc) is 3.18. The number of hydrogen-bond acceptors (Lipinski definition) is 0. The van der Waals surface area contributed by atoms with Gasteiger partial charge in [0.05, 0.1) is 0 Å². The first-order valence-electron chi connectivity index (χ1n) is 6.26. The van der Waals surface area contributed by atoms with E-state index in [1.54, 1.807) is 10.6 Å². The third-order valence-electron chi connectivity index (χ3n) is 3.32. The standard InChI is InChI=1S/C16H17P/c1-13-7-5-6-10-16(13)17(15-11-12-15)14-8-3-2-4-9-14/h2-10,15H,11-12H2,1H3. The number of rotatable bonds is 3. The molecule has 0 N–H and O–H groups in total. The molecule has 1 unspecified atom stereocenters. The van der Waals surface area contributed by atoms with E-state index in [4.69, 9.17) is 0 Å². The monoisotopic (exact) mass is 240 g/mol. The maximum absolute atomic E-state index is 2.33. The smallest absolute Gasteiger partial charge is 0.0128 e. The first kappa shape index (κ1) is 11.0. The molecule has 0 radical (unpaired) electrons. The summed E-state index contributed by atoms with van der Waals surface area (Å²) >= 11 is 0. The Hall–Kier alpha value is -1.13. The van der Waals surface area contributed by atoms with Gasteiger partial charge in [0, 0.05) is 0 Å². The molecule has 1 fully saturated rings. The molecule has 1 aliphatic rings. The molecule has 1 heteroatoms. The molecule has 0 aliphatic heterocycles. The van der Waals surface area contributed by atoms with Gasteiger partial charge in [-0.3, -0.25) is 0 Å². The van der Waals surface area contributed by atoms with E-state index in [2.05, 4.69) is 61.5 Å². The number of hydrogen-bond donors (Lipinski definition) is 0. The van der Waals surface area contributed by atoms with E-state index in [0.717, 1.165) is 5.66 Å². The van der Waals surface area contributed by atoms with Crippen LogP contribution in [0.4, 0.5) is 0 Å². The Morgan fingerprint density at radius 3 is 2.18 bits per heavy atom. The second kappa shape index (κ2) is 4.63. The van der Waals surface area contributed by atoms with E-state index in [9.17, 15) is 0 Å². The number of benzene rings is 2. The van der Waals surface area contributed by atoms with E-state index in [1.165, 1.54) is 18.4 Å². The molecule has 0 heterocycles. The predicted octanol–water partition coefficient (Wildman–Crippen LogP) is 3.59. The molecule has 0 saturated heterocycles. The van der Waals surface area contributed by atoms with Crippen molar-refractivity contribution in [1.29, 1.82) is 0 Å². The fourth-order valence-electron chi connectivity index (χ4n) is 2.30. The highest BCUT2D eigenvalue weighted by Crippen LogP contribution is 2.52. The summed E-state index contributed by atoms with van der Waals surface area (Å²) in [7, 11) is -0.120. The van der Waals surface area contributed by atoms with Crippen molar-refractivity contribution in [1.82, 2.24) is 0 Å². The highest BCUT2D eigenvalue weighted by molar-refractivity contribution is 7.74. The van der Waals surface area contributed by atoms with Crippen molar-refractivity contribution in [2.75, 3.05) is 0 Å². The van der Waals surface area contributed by atoms with E-state index in [1.807, 2.05) is 0 Å². The zero-order chi connectivity index (χ0) is 11.7. The molecule has 17 heavy (non-hydrogen) atoms. The van der Waals surface area contributed by atoms with Gasteiger partial charge in [-0.05, 0) is 49.5 Å². The molecule has 0 spiro atoms. The van der Waals surface area contributed by atoms with Crippen LogP contribution in [-0.4, -0.2) is 5.66 Å². The summed E-state index contributed by atoms with van der Waals surface area (Å²) in [6, 6.07) is 20.0. The van der Waals surface area contributed by atoms with Gasteiger partial charge in [-0.2, -0.15) is 0 Å². The first-order valence-corrected chi connectivity index (χ1v) is 7.67. The molecule has 2 aromatic carbocycles. The summed E-state index contributed by atoms with van der Waals surface area (Å²) in [5.74, 6) is 0. The summed E-state index contributed by atoms with van der Waals surface area (Å²) < 4.78 is 0. The van der Waals surface area contributed by atoms with Gasteiger partial charge in [0.25, 0.3) is 0 Å². The van der Waals surface area contributed by atoms with Crippen LogP contribution in [0, 0.1) is 6.92 Å². The van der Waals surface area contributed by atoms with Gasteiger partial charge in [0.2, 0.25) is 0 Å². The summed E-state index contributed by atoms with van der Waals surface area (Å²) in [4.78, 5) is 0. The summed E-state index contributed by atoms with van der Waals surface area (Å²) in [6.45, 7) is 2.25. The average molecular weight is 240 g/mol. The van der Waals surface area contributed by atoms with Gasteiger partial charge in [-0.25, -0.2) is 0 Å². The lowest BCUT2D eigenvalue weighted by molar-refractivity contribution is 1.47.